The van der Waals surface area contributed by atoms with Crippen molar-refractivity contribution in [1.29, 1.82) is 0 Å². The summed E-state index contributed by atoms with van der Waals surface area (Å²) in [6.45, 7) is 25.0. The summed E-state index contributed by atoms with van der Waals surface area (Å²) in [7, 11) is 0. The van der Waals surface area contributed by atoms with Crippen LogP contribution >= 0.6 is 0 Å². The fourth-order valence-corrected chi connectivity index (χ4v) is 6.03. The quantitative estimate of drug-likeness (QED) is 0.0922. The number of aryl methyl sites for hydroxylation is 1. The van der Waals surface area contributed by atoms with Crippen molar-refractivity contribution in [2.75, 3.05) is 30.3 Å². The minimum atomic E-state index is -0.240. The number of carbonyl (C=O) groups is 2. The molecule has 1 aliphatic heterocycles. The number of aromatic nitrogens is 1. The van der Waals surface area contributed by atoms with Crippen molar-refractivity contribution < 1.29 is 12.4 Å². The zero-order valence-corrected chi connectivity index (χ0v) is 30.3. The van der Waals surface area contributed by atoms with Crippen LogP contribution in [0.25, 0.3) is 0 Å². The van der Waals surface area contributed by atoms with Gasteiger partial charge in [0, 0.05) is 8.43 Å². The van der Waals surface area contributed by atoms with Crippen molar-refractivity contribution in [2.24, 2.45) is 16.7 Å². The van der Waals surface area contributed by atoms with Crippen molar-refractivity contribution in [1.82, 2.24) is 9.88 Å². The van der Waals surface area contributed by atoms with Gasteiger partial charge in [-0.3, -0.25) is 19.5 Å². The van der Waals surface area contributed by atoms with E-state index in [4.69, 9.17) is 0 Å². The molecule has 4 rings (SSSR count). The van der Waals surface area contributed by atoms with Crippen LogP contribution in [0.1, 0.15) is 127 Å². The fraction of sp³-hybridized carbons (Fsp3) is 0.625. The number of unbranched alkanes of at least 4 members (excludes halogenated alkanes) is 2. The molecule has 2 aliphatic carbocycles. The maximum atomic E-state index is 12.9. The van der Waals surface area contributed by atoms with Gasteiger partial charge in [-0.25, -0.2) is 0 Å². The predicted octanol–water partition coefficient (Wildman–Crippen LogP) is 10.7. The summed E-state index contributed by atoms with van der Waals surface area (Å²) in [5, 5.41) is 5.90. The van der Waals surface area contributed by atoms with Crippen molar-refractivity contribution in [2.45, 2.75) is 126 Å². The third-order valence-corrected chi connectivity index (χ3v) is 9.93. The first-order chi connectivity index (χ1) is 22.0. The lowest BCUT2D eigenvalue weighted by Gasteiger charge is -2.47. The number of nitrogens with zero attached hydrogens (tertiary/aromatic N) is 2. The Morgan fingerprint density at radius 3 is 2.33 bits per heavy atom. The van der Waals surface area contributed by atoms with Gasteiger partial charge in [0.05, 0.1) is 29.8 Å². The minimum Gasteiger partial charge on any atom is -0.324 e. The molecule has 1 spiro atoms. The van der Waals surface area contributed by atoms with Crippen molar-refractivity contribution in [3.05, 3.63) is 66.6 Å². The van der Waals surface area contributed by atoms with E-state index in [1.165, 1.54) is 56.9 Å². The van der Waals surface area contributed by atoms with Crippen LogP contribution < -0.4 is 10.6 Å². The molecule has 3 fully saturated rings. The number of rotatable bonds is 14. The van der Waals surface area contributed by atoms with Crippen LogP contribution in [-0.4, -0.2) is 41.3 Å². The molecule has 0 bridgehead atoms. The lowest BCUT2D eigenvalue weighted by atomic mass is 9.63. The molecule has 1 aromatic heterocycles. The Morgan fingerprint density at radius 1 is 1.13 bits per heavy atom. The Labute approximate surface area is 284 Å². The highest BCUT2D eigenvalue weighted by Crippen LogP contribution is 2.53. The van der Waals surface area contributed by atoms with Crippen LogP contribution in [0.5, 0.6) is 0 Å². The van der Waals surface area contributed by atoms with E-state index < -0.39 is 0 Å². The van der Waals surface area contributed by atoms with E-state index in [9.17, 15) is 9.59 Å². The monoisotopic (exact) mass is 637 g/mol. The summed E-state index contributed by atoms with van der Waals surface area (Å²) < 4.78 is 0. The molecule has 0 radical (unpaired) electrons. The molecule has 6 heteroatoms. The lowest BCUT2D eigenvalue weighted by Crippen LogP contribution is -2.45. The molecule has 2 atom stereocenters. The van der Waals surface area contributed by atoms with Crippen molar-refractivity contribution >= 4 is 23.2 Å². The molecule has 46 heavy (non-hydrogen) atoms. The summed E-state index contributed by atoms with van der Waals surface area (Å²) >= 11 is 0. The van der Waals surface area contributed by atoms with Crippen LogP contribution in [0.15, 0.2) is 60.9 Å². The van der Waals surface area contributed by atoms with Gasteiger partial charge in [-0.05, 0) is 101 Å². The Kier molecular flexibility index (Phi) is 16.7. The van der Waals surface area contributed by atoms with E-state index in [0.717, 1.165) is 38.3 Å². The number of pyridine rings is 1. The van der Waals surface area contributed by atoms with Crippen LogP contribution in [0.4, 0.5) is 11.4 Å². The number of likely N-dealkylation sites (tertiary alicyclic amines) is 1. The molecule has 3 aliphatic rings. The topological polar surface area (TPSA) is 74.3 Å². The van der Waals surface area contributed by atoms with Gasteiger partial charge in [-0.2, -0.15) is 0 Å². The van der Waals surface area contributed by atoms with E-state index in [1.807, 2.05) is 32.9 Å². The highest BCUT2D eigenvalue weighted by molar-refractivity contribution is 6.04. The molecule has 0 aromatic carbocycles. The first-order valence-electron chi connectivity index (χ1n) is 18.0. The van der Waals surface area contributed by atoms with Gasteiger partial charge >= 0.3 is 0 Å². The second-order valence-corrected chi connectivity index (χ2v) is 13.7. The maximum Gasteiger partial charge on any atom is 0.251 e. The number of hydrogen-bond donors (Lipinski definition) is 2. The average Bonchev–Trinajstić information content (AvgIpc) is 3.63. The highest BCUT2D eigenvalue weighted by atomic mass is 16.2. The second kappa shape index (κ2) is 19.6. The number of anilines is 2. The van der Waals surface area contributed by atoms with Gasteiger partial charge in [-0.1, -0.05) is 97.3 Å². The molecule has 2 unspecified atom stereocenters. The van der Waals surface area contributed by atoms with Gasteiger partial charge in [0.25, 0.3) is 5.91 Å². The summed E-state index contributed by atoms with van der Waals surface area (Å²) in [5.74, 6) is 0.433. The van der Waals surface area contributed by atoms with Crippen LogP contribution in [0.3, 0.4) is 0 Å². The SMILES string of the molecule is C=CCCCC(/C=C\CC(=C)C(=O)Nc1cc(NC(=O)CN2CCC3(CCC3)CC2)cnc1C)=C/C1(C)CC1C.CC.CCCC.[HH].[HH]. The number of piperidine rings is 1. The minimum absolute atomic E-state index is 0. The molecular formula is C40H68N4O2. The largest absolute Gasteiger partial charge is 0.324 e. The summed E-state index contributed by atoms with van der Waals surface area (Å²) in [4.78, 5) is 32.3. The average molecular weight is 637 g/mol. The van der Waals surface area contributed by atoms with Gasteiger partial charge < -0.3 is 10.6 Å². The number of carbonyl (C=O) groups excluding carboxylic acids is 2. The molecule has 1 saturated heterocycles. The Hall–Kier alpha value is -2.99. The Balaban J connectivity index is 0.00000257. The Bertz CT molecular complexity index is 1210. The molecule has 2 amide bonds. The first-order valence-corrected chi connectivity index (χ1v) is 18.0. The maximum absolute atomic E-state index is 12.9. The van der Waals surface area contributed by atoms with E-state index >= 15 is 0 Å². The van der Waals surface area contributed by atoms with Crippen molar-refractivity contribution in [3.63, 3.8) is 0 Å². The van der Waals surface area contributed by atoms with Crippen LogP contribution in [0.2, 0.25) is 0 Å². The van der Waals surface area contributed by atoms with E-state index in [-0.39, 0.29) is 14.7 Å². The standard InChI is InChI=1S/C34H48N4O2.C4H10.C2H6.2H2/c1-6-7-8-12-28(22-33(5)21-26(33)3)13-9-11-25(2)32(40)37-30-20-29(23-35-27(30)4)36-31(39)24-38-18-16-34(17-19-38)14-10-15-34;1-3-4-2;1-2;;/h6,9,13,20,22-23,26H,1-2,7-8,10-12,14-19,21,24H2,3-5H3,(H,36,39)(H,37,40);3-4H2,1-2H3;1-2H3;2*1H/b13-9-,28-22-;;;;. The molecule has 6 nitrogen and oxygen atoms in total. The molecule has 2 N–H and O–H groups in total. The second-order valence-electron chi connectivity index (χ2n) is 13.7. The van der Waals surface area contributed by atoms with Gasteiger partial charge in [-0.15, -0.1) is 6.58 Å². The number of hydrogen-bond acceptors (Lipinski definition) is 4. The normalized spacial score (nSPS) is 21.6. The summed E-state index contributed by atoms with van der Waals surface area (Å²) in [6.07, 6.45) is 24.1. The smallest absolute Gasteiger partial charge is 0.251 e. The van der Waals surface area contributed by atoms with E-state index in [2.05, 4.69) is 73.5 Å². The number of allylic oxidation sites excluding steroid dienone is 5. The molecule has 260 valence electrons. The summed E-state index contributed by atoms with van der Waals surface area (Å²) in [5.41, 5.74) is 4.52. The molecule has 2 heterocycles. The fourth-order valence-electron chi connectivity index (χ4n) is 6.03. The molecular weight excluding hydrogens is 568 g/mol. The third-order valence-electron chi connectivity index (χ3n) is 9.93. The number of amides is 2. The van der Waals surface area contributed by atoms with Crippen molar-refractivity contribution in [3.8, 4) is 0 Å². The predicted molar refractivity (Wildman–Crippen MR) is 201 cm³/mol. The lowest BCUT2D eigenvalue weighted by molar-refractivity contribution is -0.118. The molecule has 1 aromatic rings. The van der Waals surface area contributed by atoms with Crippen LogP contribution in [0, 0.1) is 23.7 Å². The molecule has 2 saturated carbocycles. The van der Waals surface area contributed by atoms with Crippen LogP contribution in [-0.2, 0) is 9.59 Å². The Morgan fingerprint density at radius 2 is 1.78 bits per heavy atom. The van der Waals surface area contributed by atoms with Gasteiger partial charge in [0.2, 0.25) is 5.91 Å². The van der Waals surface area contributed by atoms with E-state index in [0.29, 0.717) is 46.4 Å². The third kappa shape index (κ3) is 12.7. The zero-order chi connectivity index (χ0) is 34.2. The van der Waals surface area contributed by atoms with Gasteiger partial charge in [0.1, 0.15) is 0 Å². The zero-order valence-electron chi connectivity index (χ0n) is 30.3. The van der Waals surface area contributed by atoms with Gasteiger partial charge in [0.15, 0.2) is 0 Å². The number of nitrogens with one attached hydrogen (secondary N) is 2. The first kappa shape index (κ1) is 39.2. The van der Waals surface area contributed by atoms with E-state index in [1.54, 1.807) is 12.3 Å². The summed E-state index contributed by atoms with van der Waals surface area (Å²) in [6, 6.07) is 1.78. The highest BCUT2D eigenvalue weighted by Gasteiger charge is 2.44.